The van der Waals surface area contributed by atoms with Crippen LogP contribution in [-0.4, -0.2) is 40.6 Å². The van der Waals surface area contributed by atoms with Crippen molar-refractivity contribution in [3.63, 3.8) is 0 Å². The molecule has 0 amide bonds. The Kier molecular flexibility index (Phi) is 5.41. The second-order valence-corrected chi connectivity index (χ2v) is 8.44. The van der Waals surface area contributed by atoms with Crippen molar-refractivity contribution in [3.05, 3.63) is 33.4 Å². The van der Waals surface area contributed by atoms with Crippen molar-refractivity contribution in [2.24, 2.45) is 0 Å². The Hall–Kier alpha value is -1.66. The molecule has 5 nitrogen and oxygen atoms in total. The Labute approximate surface area is 158 Å². The fraction of sp³-hybridized carbons (Fsp3) is 0.600. The molecule has 140 valence electrons. The van der Waals surface area contributed by atoms with E-state index < -0.39 is 0 Å². The number of fused-ring (bicyclic) bond motifs is 3. The molecule has 1 aliphatic heterocycles. The van der Waals surface area contributed by atoms with Gasteiger partial charge >= 0.3 is 0 Å². The van der Waals surface area contributed by atoms with E-state index in [1.807, 2.05) is 0 Å². The maximum atomic E-state index is 13.2. The highest BCUT2D eigenvalue weighted by Crippen LogP contribution is 2.34. The van der Waals surface area contributed by atoms with Crippen LogP contribution in [0.5, 0.6) is 0 Å². The van der Waals surface area contributed by atoms with Gasteiger partial charge in [0.05, 0.1) is 5.39 Å². The van der Waals surface area contributed by atoms with Crippen molar-refractivity contribution in [1.29, 1.82) is 0 Å². The second-order valence-electron chi connectivity index (χ2n) is 7.36. The molecule has 0 unspecified atom stereocenters. The predicted octanol–water partition coefficient (Wildman–Crippen LogP) is 3.42. The summed E-state index contributed by atoms with van der Waals surface area (Å²) in [4.78, 5) is 22.8. The van der Waals surface area contributed by atoms with Crippen LogP contribution in [0.4, 0.5) is 5.95 Å². The molecule has 0 radical (unpaired) electrons. The number of hydrogen-bond acceptors (Lipinski definition) is 5. The molecule has 2 aromatic heterocycles. The molecule has 2 aromatic rings. The normalized spacial score (nSPS) is 18.0. The molecule has 26 heavy (non-hydrogen) atoms. The van der Waals surface area contributed by atoms with E-state index in [0.717, 1.165) is 36.1 Å². The summed E-state index contributed by atoms with van der Waals surface area (Å²) in [6, 6.07) is 0. The fourth-order valence-electron chi connectivity index (χ4n) is 4.18. The first kappa shape index (κ1) is 17.7. The number of rotatable bonds is 6. The SMILES string of the molecule is C=CCn1c(NCCN2CCCCC2)nc2sc3c(c2c1=O)CCCC3. The molecule has 3 heterocycles. The van der Waals surface area contributed by atoms with Crippen molar-refractivity contribution in [3.8, 4) is 0 Å². The Morgan fingerprint density at radius 1 is 1.15 bits per heavy atom. The summed E-state index contributed by atoms with van der Waals surface area (Å²) in [5, 5.41) is 4.28. The molecule has 0 atom stereocenters. The lowest BCUT2D eigenvalue weighted by Gasteiger charge is -2.26. The van der Waals surface area contributed by atoms with E-state index in [4.69, 9.17) is 4.98 Å². The van der Waals surface area contributed by atoms with Crippen LogP contribution in [0.25, 0.3) is 10.2 Å². The molecule has 6 heteroatoms. The maximum Gasteiger partial charge on any atom is 0.264 e. The largest absolute Gasteiger partial charge is 0.354 e. The fourth-order valence-corrected chi connectivity index (χ4v) is 5.43. The summed E-state index contributed by atoms with van der Waals surface area (Å²) in [5.41, 5.74) is 1.35. The topological polar surface area (TPSA) is 50.2 Å². The van der Waals surface area contributed by atoms with Crippen LogP contribution < -0.4 is 10.9 Å². The van der Waals surface area contributed by atoms with Gasteiger partial charge in [-0.25, -0.2) is 4.98 Å². The number of thiophene rings is 1. The Bertz CT molecular complexity index is 848. The number of hydrogen-bond donors (Lipinski definition) is 1. The highest BCUT2D eigenvalue weighted by Gasteiger charge is 2.21. The summed E-state index contributed by atoms with van der Waals surface area (Å²) in [5.74, 6) is 0.693. The van der Waals surface area contributed by atoms with Gasteiger partial charge in [0.15, 0.2) is 0 Å². The zero-order valence-electron chi connectivity index (χ0n) is 15.4. The van der Waals surface area contributed by atoms with Crippen molar-refractivity contribution in [2.45, 2.75) is 51.5 Å². The second kappa shape index (κ2) is 7.92. The van der Waals surface area contributed by atoms with Gasteiger partial charge in [-0.1, -0.05) is 12.5 Å². The Balaban J connectivity index is 1.61. The lowest BCUT2D eigenvalue weighted by molar-refractivity contribution is 0.237. The number of allylic oxidation sites excluding steroid dienone is 1. The van der Waals surface area contributed by atoms with Crippen molar-refractivity contribution < 1.29 is 0 Å². The van der Waals surface area contributed by atoms with Crippen molar-refractivity contribution >= 4 is 27.5 Å². The van der Waals surface area contributed by atoms with Crippen LogP contribution in [-0.2, 0) is 19.4 Å². The highest BCUT2D eigenvalue weighted by atomic mass is 32.1. The smallest absolute Gasteiger partial charge is 0.264 e. The van der Waals surface area contributed by atoms with Crippen LogP contribution >= 0.6 is 11.3 Å². The highest BCUT2D eigenvalue weighted by molar-refractivity contribution is 7.18. The Morgan fingerprint density at radius 3 is 2.77 bits per heavy atom. The monoisotopic (exact) mass is 372 g/mol. The molecule has 0 aromatic carbocycles. The van der Waals surface area contributed by atoms with E-state index in [9.17, 15) is 4.79 Å². The van der Waals surface area contributed by atoms with Gasteiger partial charge in [-0.2, -0.15) is 0 Å². The van der Waals surface area contributed by atoms with Gasteiger partial charge < -0.3 is 10.2 Å². The molecule has 2 aliphatic rings. The summed E-state index contributed by atoms with van der Waals surface area (Å²) >= 11 is 1.72. The molecule has 1 fully saturated rings. The maximum absolute atomic E-state index is 13.2. The zero-order chi connectivity index (χ0) is 17.9. The lowest BCUT2D eigenvalue weighted by Crippen LogP contribution is -2.34. The first-order valence-electron chi connectivity index (χ1n) is 9.90. The average Bonchev–Trinajstić information content (AvgIpc) is 3.04. The third-order valence-electron chi connectivity index (χ3n) is 5.55. The number of nitrogens with zero attached hydrogens (tertiary/aromatic N) is 3. The van der Waals surface area contributed by atoms with Crippen LogP contribution in [0.1, 0.15) is 42.5 Å². The van der Waals surface area contributed by atoms with Crippen molar-refractivity contribution in [2.75, 3.05) is 31.5 Å². The number of aryl methyl sites for hydroxylation is 2. The van der Waals surface area contributed by atoms with Gasteiger partial charge in [0.1, 0.15) is 4.83 Å². The van der Waals surface area contributed by atoms with Crippen LogP contribution in [0.2, 0.25) is 0 Å². The summed E-state index contributed by atoms with van der Waals surface area (Å²) in [7, 11) is 0. The first-order valence-corrected chi connectivity index (χ1v) is 10.7. The molecule has 1 aliphatic carbocycles. The van der Waals surface area contributed by atoms with E-state index >= 15 is 0 Å². The van der Waals surface area contributed by atoms with Gasteiger partial charge in [-0.15, -0.1) is 17.9 Å². The molecule has 0 bridgehead atoms. The first-order chi connectivity index (χ1) is 12.8. The summed E-state index contributed by atoms with van der Waals surface area (Å²) in [6.45, 7) is 8.52. The zero-order valence-corrected chi connectivity index (χ0v) is 16.2. The number of piperidine rings is 1. The van der Waals surface area contributed by atoms with Gasteiger partial charge in [0, 0.05) is 24.5 Å². The van der Waals surface area contributed by atoms with Crippen LogP contribution in [0.15, 0.2) is 17.4 Å². The Morgan fingerprint density at radius 2 is 1.96 bits per heavy atom. The number of anilines is 1. The third-order valence-corrected chi connectivity index (χ3v) is 6.73. The standard InChI is InChI=1S/C20H28N4OS/c1-2-11-24-19(25)17-15-8-4-5-9-16(15)26-18(17)22-20(24)21-10-14-23-12-6-3-7-13-23/h2H,1,3-14H2,(H,21,22). The molecule has 1 N–H and O–H groups in total. The summed E-state index contributed by atoms with van der Waals surface area (Å²) in [6.07, 6.45) is 10.2. The molecule has 0 spiro atoms. The van der Waals surface area contributed by atoms with Gasteiger partial charge in [0.25, 0.3) is 5.56 Å². The average molecular weight is 373 g/mol. The van der Waals surface area contributed by atoms with E-state index in [2.05, 4.69) is 16.8 Å². The molecular formula is C20H28N4OS. The minimum Gasteiger partial charge on any atom is -0.354 e. The molecular weight excluding hydrogens is 344 g/mol. The van der Waals surface area contributed by atoms with Crippen LogP contribution in [0.3, 0.4) is 0 Å². The van der Waals surface area contributed by atoms with E-state index in [1.54, 1.807) is 22.0 Å². The number of likely N-dealkylation sites (tertiary alicyclic amines) is 1. The van der Waals surface area contributed by atoms with Gasteiger partial charge in [-0.05, 0) is 57.2 Å². The minimum atomic E-state index is 0.0924. The lowest BCUT2D eigenvalue weighted by atomic mass is 9.97. The van der Waals surface area contributed by atoms with E-state index in [1.165, 1.54) is 55.6 Å². The van der Waals surface area contributed by atoms with Gasteiger partial charge in [0.2, 0.25) is 5.95 Å². The van der Waals surface area contributed by atoms with E-state index in [0.29, 0.717) is 12.5 Å². The molecule has 4 rings (SSSR count). The quantitative estimate of drug-likeness (QED) is 0.790. The number of nitrogens with one attached hydrogen (secondary N) is 1. The minimum absolute atomic E-state index is 0.0924. The van der Waals surface area contributed by atoms with Crippen LogP contribution in [0, 0.1) is 0 Å². The van der Waals surface area contributed by atoms with Gasteiger partial charge in [-0.3, -0.25) is 9.36 Å². The third kappa shape index (κ3) is 3.45. The molecule has 1 saturated heterocycles. The predicted molar refractivity (Wildman–Crippen MR) is 109 cm³/mol. The summed E-state index contributed by atoms with van der Waals surface area (Å²) < 4.78 is 1.76. The molecule has 0 saturated carbocycles. The van der Waals surface area contributed by atoms with Crippen molar-refractivity contribution in [1.82, 2.24) is 14.5 Å². The number of aromatic nitrogens is 2. The van der Waals surface area contributed by atoms with E-state index in [-0.39, 0.29) is 5.56 Å².